The van der Waals surface area contributed by atoms with E-state index in [0.29, 0.717) is 35.7 Å². The van der Waals surface area contributed by atoms with Crippen molar-refractivity contribution in [1.29, 1.82) is 0 Å². The van der Waals surface area contributed by atoms with Gasteiger partial charge < -0.3 is 9.80 Å². The summed E-state index contributed by atoms with van der Waals surface area (Å²) < 4.78 is 0. The van der Waals surface area contributed by atoms with Gasteiger partial charge in [0.15, 0.2) is 6.29 Å². The van der Waals surface area contributed by atoms with Crippen molar-refractivity contribution in [3.63, 3.8) is 0 Å². The summed E-state index contributed by atoms with van der Waals surface area (Å²) in [5.74, 6) is 0.357. The minimum atomic E-state index is -0.600. The second-order valence-corrected chi connectivity index (χ2v) is 11.9. The number of carbonyl (C=O) groups is 4. The van der Waals surface area contributed by atoms with E-state index >= 15 is 0 Å². The van der Waals surface area contributed by atoms with Crippen molar-refractivity contribution in [3.05, 3.63) is 88.1 Å². The number of amides is 3. The monoisotopic (exact) mass is 592 g/mol. The number of rotatable bonds is 8. The Morgan fingerprint density at radius 2 is 1.86 bits per heavy atom. The number of piperidine rings is 2. The van der Waals surface area contributed by atoms with Crippen molar-refractivity contribution in [2.75, 3.05) is 25.0 Å². The van der Waals surface area contributed by atoms with Crippen LogP contribution in [0.2, 0.25) is 0 Å². The lowest BCUT2D eigenvalue weighted by molar-refractivity contribution is -0.136. The van der Waals surface area contributed by atoms with Gasteiger partial charge in [-0.3, -0.25) is 29.4 Å². The van der Waals surface area contributed by atoms with Crippen LogP contribution in [0.1, 0.15) is 74.7 Å². The van der Waals surface area contributed by atoms with E-state index in [1.54, 1.807) is 11.2 Å². The summed E-state index contributed by atoms with van der Waals surface area (Å²) in [7, 11) is 1.88. The molecule has 3 aliphatic rings. The molecule has 1 aromatic heterocycles. The highest BCUT2D eigenvalue weighted by Crippen LogP contribution is 2.34. The molecule has 3 aliphatic heterocycles. The Hall–Kier alpha value is -4.70. The molecule has 0 spiro atoms. The lowest BCUT2D eigenvalue weighted by Crippen LogP contribution is -2.52. The number of nitrogens with zero attached hydrogens (tertiary/aromatic N) is 5. The number of fused-ring (bicyclic) bond motifs is 1. The van der Waals surface area contributed by atoms with Crippen LogP contribution < -0.4 is 10.2 Å². The van der Waals surface area contributed by atoms with Crippen LogP contribution in [-0.4, -0.2) is 71.3 Å². The number of aromatic nitrogens is 1. The van der Waals surface area contributed by atoms with Gasteiger partial charge in [0.1, 0.15) is 11.9 Å². The molecule has 6 rings (SSSR count). The van der Waals surface area contributed by atoms with Crippen LogP contribution in [0.3, 0.4) is 0 Å². The molecule has 0 radical (unpaired) electrons. The fraction of sp³-hybridized carbons (Fsp3) is 0.353. The Kier molecular flexibility index (Phi) is 8.34. The third kappa shape index (κ3) is 6.16. The smallest absolute Gasteiger partial charge is 0.255 e. The van der Waals surface area contributed by atoms with Gasteiger partial charge in [-0.25, -0.2) is 9.98 Å². The minimum Gasteiger partial charge on any atom is -0.322 e. The predicted octanol–water partition coefficient (Wildman–Crippen LogP) is 4.14. The Bertz CT molecular complexity index is 1640. The Balaban J connectivity index is 1.05. The van der Waals surface area contributed by atoms with Crippen molar-refractivity contribution < 1.29 is 19.2 Å². The number of likely N-dealkylation sites (tertiary alicyclic amines) is 1. The summed E-state index contributed by atoms with van der Waals surface area (Å²) >= 11 is 0. The summed E-state index contributed by atoms with van der Waals surface area (Å²) in [5.41, 5.74) is 5.98. The third-order valence-electron chi connectivity index (χ3n) is 8.84. The highest BCUT2D eigenvalue weighted by atomic mass is 16.2. The first kappa shape index (κ1) is 29.4. The summed E-state index contributed by atoms with van der Waals surface area (Å²) in [6.07, 6.45) is 5.13. The molecule has 2 saturated heterocycles. The average molecular weight is 593 g/mol. The zero-order valence-corrected chi connectivity index (χ0v) is 25.0. The summed E-state index contributed by atoms with van der Waals surface area (Å²) in [4.78, 5) is 63.7. The maximum Gasteiger partial charge on any atom is 0.255 e. The van der Waals surface area contributed by atoms with Crippen LogP contribution in [0.5, 0.6) is 0 Å². The number of pyridine rings is 1. The topological polar surface area (TPSA) is 115 Å². The van der Waals surface area contributed by atoms with Crippen molar-refractivity contribution >= 4 is 41.9 Å². The highest BCUT2D eigenvalue weighted by Gasteiger charge is 2.39. The third-order valence-corrected chi connectivity index (χ3v) is 8.84. The highest BCUT2D eigenvalue weighted by molar-refractivity contribution is 6.05. The second kappa shape index (κ2) is 12.5. The normalized spacial score (nSPS) is 19.4. The SMILES string of the molecule is Cc1cccc(N(C)C=Nc2ccc(CN3CCC(c4ccc5c(c4)CN(C4CCC(=O)NC4=O)C5=O)CC3)cc2C=O)n1. The van der Waals surface area contributed by atoms with E-state index < -0.39 is 6.04 Å². The van der Waals surface area contributed by atoms with Crippen molar-refractivity contribution in [1.82, 2.24) is 20.1 Å². The average Bonchev–Trinajstić information content (AvgIpc) is 3.35. The fourth-order valence-electron chi connectivity index (χ4n) is 6.38. The summed E-state index contributed by atoms with van der Waals surface area (Å²) in [5, 5.41) is 2.36. The van der Waals surface area contributed by atoms with Gasteiger partial charge in [0.05, 0.1) is 12.0 Å². The van der Waals surface area contributed by atoms with Gasteiger partial charge in [0.2, 0.25) is 11.8 Å². The van der Waals surface area contributed by atoms with E-state index in [1.165, 1.54) is 5.56 Å². The van der Waals surface area contributed by atoms with E-state index in [-0.39, 0.29) is 24.1 Å². The summed E-state index contributed by atoms with van der Waals surface area (Å²) in [6.45, 7) is 4.94. The first-order chi connectivity index (χ1) is 21.3. The van der Waals surface area contributed by atoms with Gasteiger partial charge in [-0.15, -0.1) is 0 Å². The number of benzene rings is 2. The number of imide groups is 1. The van der Waals surface area contributed by atoms with Crippen LogP contribution in [0.15, 0.2) is 59.6 Å². The number of anilines is 1. The lowest BCUT2D eigenvalue weighted by Gasteiger charge is -2.32. The number of carbonyl (C=O) groups excluding carboxylic acids is 4. The molecule has 10 heteroatoms. The Morgan fingerprint density at radius 3 is 2.61 bits per heavy atom. The molecule has 1 unspecified atom stereocenters. The summed E-state index contributed by atoms with van der Waals surface area (Å²) in [6, 6.07) is 17.1. The van der Waals surface area contributed by atoms with Gasteiger partial charge in [0, 0.05) is 43.4 Å². The quantitative estimate of drug-likeness (QED) is 0.181. The van der Waals surface area contributed by atoms with E-state index in [2.05, 4.69) is 26.3 Å². The fourth-order valence-corrected chi connectivity index (χ4v) is 6.38. The van der Waals surface area contributed by atoms with E-state index in [4.69, 9.17) is 0 Å². The molecule has 10 nitrogen and oxygen atoms in total. The lowest BCUT2D eigenvalue weighted by atomic mass is 9.87. The maximum atomic E-state index is 13.1. The van der Waals surface area contributed by atoms with Crippen LogP contribution in [0.4, 0.5) is 11.5 Å². The zero-order chi connectivity index (χ0) is 30.8. The van der Waals surface area contributed by atoms with E-state index in [9.17, 15) is 19.2 Å². The van der Waals surface area contributed by atoms with Gasteiger partial charge in [0.25, 0.3) is 5.91 Å². The predicted molar refractivity (Wildman–Crippen MR) is 167 cm³/mol. The minimum absolute atomic E-state index is 0.141. The van der Waals surface area contributed by atoms with E-state index in [0.717, 1.165) is 61.4 Å². The maximum absolute atomic E-state index is 13.1. The van der Waals surface area contributed by atoms with Crippen LogP contribution >= 0.6 is 0 Å². The number of hydrogen-bond donors (Lipinski definition) is 1. The molecule has 1 atom stereocenters. The van der Waals surface area contributed by atoms with Crippen molar-refractivity contribution in [3.8, 4) is 0 Å². The molecule has 2 aromatic carbocycles. The number of aldehydes is 1. The second-order valence-electron chi connectivity index (χ2n) is 11.9. The number of hydrogen-bond acceptors (Lipinski definition) is 7. The largest absolute Gasteiger partial charge is 0.322 e. The van der Waals surface area contributed by atoms with Gasteiger partial charge in [-0.1, -0.05) is 24.3 Å². The van der Waals surface area contributed by atoms with Gasteiger partial charge in [-0.05, 0) is 92.2 Å². The molecule has 44 heavy (non-hydrogen) atoms. The van der Waals surface area contributed by atoms with Gasteiger partial charge >= 0.3 is 0 Å². The first-order valence-corrected chi connectivity index (χ1v) is 15.1. The molecule has 1 N–H and O–H groups in total. The van der Waals surface area contributed by atoms with Crippen molar-refractivity contribution in [2.45, 2.75) is 57.7 Å². The molecule has 3 aromatic rings. The van der Waals surface area contributed by atoms with Crippen LogP contribution in [0.25, 0.3) is 0 Å². The number of nitrogens with one attached hydrogen (secondary N) is 1. The van der Waals surface area contributed by atoms with Crippen LogP contribution in [-0.2, 0) is 22.7 Å². The molecule has 0 bridgehead atoms. The first-order valence-electron chi connectivity index (χ1n) is 15.1. The molecule has 0 saturated carbocycles. The van der Waals surface area contributed by atoms with Crippen molar-refractivity contribution in [2.24, 2.45) is 4.99 Å². The molecule has 4 heterocycles. The molecule has 3 amide bonds. The molecule has 226 valence electrons. The molecular weight excluding hydrogens is 556 g/mol. The van der Waals surface area contributed by atoms with Crippen LogP contribution in [0, 0.1) is 6.92 Å². The zero-order valence-electron chi connectivity index (χ0n) is 25.0. The Labute approximate surface area is 256 Å². The standard InChI is InChI=1S/C34H36N6O4/c1-22-4-3-5-31(36-22)38(2)21-35-29-9-6-23(16-27(29)20-41)18-39-14-12-24(13-15-39)25-7-8-28-26(17-25)19-40(34(28)44)30-10-11-32(42)37-33(30)43/h3-9,16-17,20-21,24,30H,10-15,18-19H2,1-2H3,(H,37,42,43). The number of aryl methyl sites for hydroxylation is 1. The molecular formula is C34H36N6O4. The number of aliphatic imine (C=N–C) groups is 1. The van der Waals surface area contributed by atoms with Gasteiger partial charge in [-0.2, -0.15) is 0 Å². The Morgan fingerprint density at radius 1 is 1.05 bits per heavy atom. The molecule has 2 fully saturated rings. The van der Waals surface area contributed by atoms with E-state index in [1.807, 2.05) is 67.4 Å². The molecule has 0 aliphatic carbocycles.